The van der Waals surface area contributed by atoms with Gasteiger partial charge in [-0.2, -0.15) is 0 Å². The number of carbonyl (C=O) groups excluding carboxylic acids is 1. The van der Waals surface area contributed by atoms with Gasteiger partial charge in [0.15, 0.2) is 5.65 Å². The van der Waals surface area contributed by atoms with Gasteiger partial charge in [-0.1, -0.05) is 29.8 Å². The Kier molecular flexibility index (Phi) is 4.48. The summed E-state index contributed by atoms with van der Waals surface area (Å²) in [4.78, 5) is 29.8. The third-order valence-electron chi connectivity index (χ3n) is 4.12. The second-order valence-electron chi connectivity index (χ2n) is 5.94. The van der Waals surface area contributed by atoms with E-state index in [1.165, 1.54) is 4.68 Å². The number of rotatable bonds is 4. The zero-order chi connectivity index (χ0) is 18.8. The van der Waals surface area contributed by atoms with Crippen molar-refractivity contribution in [1.29, 1.82) is 0 Å². The van der Waals surface area contributed by atoms with Gasteiger partial charge in [-0.05, 0) is 48.5 Å². The lowest BCUT2D eigenvalue weighted by Crippen LogP contribution is -2.27. The summed E-state index contributed by atoms with van der Waals surface area (Å²) >= 11 is 5.87. The predicted octanol–water partition coefficient (Wildman–Crippen LogP) is 3.48. The molecular weight excluding hydrogens is 364 g/mol. The molecule has 134 valence electrons. The number of hydrogen-bond acceptors (Lipinski definition) is 3. The first-order valence-corrected chi connectivity index (χ1v) is 8.68. The molecule has 0 fully saturated rings. The molecule has 0 bridgehead atoms. The van der Waals surface area contributed by atoms with Crippen LogP contribution < -0.4 is 10.9 Å². The van der Waals surface area contributed by atoms with Gasteiger partial charge in [0.05, 0.1) is 11.1 Å². The van der Waals surface area contributed by atoms with Crippen molar-refractivity contribution in [1.82, 2.24) is 14.3 Å². The summed E-state index contributed by atoms with van der Waals surface area (Å²) in [6.45, 7) is -0.0622. The number of halogens is 1. The number of para-hydroxylation sites is 1. The van der Waals surface area contributed by atoms with Crippen LogP contribution >= 0.6 is 11.6 Å². The summed E-state index contributed by atoms with van der Waals surface area (Å²) in [6.07, 6.45) is 1.60. The van der Waals surface area contributed by atoms with E-state index in [1.54, 1.807) is 47.3 Å². The second kappa shape index (κ2) is 7.09. The molecule has 0 spiro atoms. The number of nitrogens with zero attached hydrogens (tertiary/aromatic N) is 3. The summed E-state index contributed by atoms with van der Waals surface area (Å²) < 4.78 is 3.05. The molecule has 2 aromatic carbocycles. The van der Waals surface area contributed by atoms with E-state index >= 15 is 0 Å². The molecule has 4 aromatic rings. The highest BCUT2D eigenvalue weighted by Gasteiger charge is 2.17. The Balaban J connectivity index is 1.75. The largest absolute Gasteiger partial charge is 0.324 e. The second-order valence-corrected chi connectivity index (χ2v) is 6.38. The van der Waals surface area contributed by atoms with Crippen molar-refractivity contribution in [3.05, 3.63) is 88.3 Å². The number of hydrogen-bond donors (Lipinski definition) is 1. The van der Waals surface area contributed by atoms with Crippen molar-refractivity contribution in [3.63, 3.8) is 0 Å². The van der Waals surface area contributed by atoms with Crippen LogP contribution in [0, 0.1) is 0 Å². The molecule has 0 aliphatic carbocycles. The van der Waals surface area contributed by atoms with Gasteiger partial charge in [0.2, 0.25) is 5.91 Å². The first kappa shape index (κ1) is 17.1. The van der Waals surface area contributed by atoms with Gasteiger partial charge in [-0.3, -0.25) is 14.3 Å². The minimum Gasteiger partial charge on any atom is -0.324 e. The minimum atomic E-state index is -0.274. The maximum Gasteiger partial charge on any atom is 0.280 e. The third kappa shape index (κ3) is 3.35. The predicted molar refractivity (Wildman–Crippen MR) is 105 cm³/mol. The fraction of sp³-hybridized carbons (Fsp3) is 0.0500. The van der Waals surface area contributed by atoms with Crippen LogP contribution in [0.25, 0.3) is 16.7 Å². The maximum atomic E-state index is 12.9. The fourth-order valence-corrected chi connectivity index (χ4v) is 3.06. The molecule has 1 amide bonds. The van der Waals surface area contributed by atoms with Crippen LogP contribution in [0.15, 0.2) is 77.7 Å². The van der Waals surface area contributed by atoms with E-state index in [2.05, 4.69) is 10.3 Å². The Bertz CT molecular complexity index is 1160. The number of fused-ring (bicyclic) bond motifs is 1. The van der Waals surface area contributed by atoms with Crippen LogP contribution in [0.3, 0.4) is 0 Å². The molecule has 4 rings (SSSR count). The van der Waals surface area contributed by atoms with Crippen molar-refractivity contribution >= 4 is 34.2 Å². The normalized spacial score (nSPS) is 10.9. The van der Waals surface area contributed by atoms with Gasteiger partial charge in [0.25, 0.3) is 5.56 Å². The molecule has 7 heteroatoms. The van der Waals surface area contributed by atoms with Crippen molar-refractivity contribution in [2.75, 3.05) is 5.32 Å². The zero-order valence-electron chi connectivity index (χ0n) is 14.2. The highest BCUT2D eigenvalue weighted by molar-refractivity contribution is 6.30. The molecule has 1 N–H and O–H groups in total. The van der Waals surface area contributed by atoms with Crippen LogP contribution in [0.5, 0.6) is 0 Å². The SMILES string of the molecule is O=C(Cn1c2ncccc2c(=O)n1-c1ccccc1)Nc1ccc(Cl)cc1. The van der Waals surface area contributed by atoms with Gasteiger partial charge in [-0.25, -0.2) is 9.67 Å². The average Bonchev–Trinajstić information content (AvgIpc) is 2.96. The number of aromatic nitrogens is 3. The maximum absolute atomic E-state index is 12.9. The lowest BCUT2D eigenvalue weighted by Gasteiger charge is -2.12. The Morgan fingerprint density at radius 3 is 2.48 bits per heavy atom. The molecular formula is C20H15ClN4O2. The van der Waals surface area contributed by atoms with Crippen molar-refractivity contribution < 1.29 is 4.79 Å². The number of benzene rings is 2. The lowest BCUT2D eigenvalue weighted by molar-refractivity contribution is -0.116. The van der Waals surface area contributed by atoms with E-state index in [4.69, 9.17) is 11.6 Å². The van der Waals surface area contributed by atoms with Crippen LogP contribution in [-0.2, 0) is 11.3 Å². The van der Waals surface area contributed by atoms with E-state index in [0.29, 0.717) is 27.4 Å². The molecule has 0 atom stereocenters. The Morgan fingerprint density at radius 2 is 1.74 bits per heavy atom. The molecule has 27 heavy (non-hydrogen) atoms. The molecule has 0 saturated heterocycles. The lowest BCUT2D eigenvalue weighted by atomic mass is 10.3. The Labute approximate surface area is 159 Å². The van der Waals surface area contributed by atoms with E-state index in [0.717, 1.165) is 0 Å². The number of carbonyl (C=O) groups is 1. The number of amides is 1. The molecule has 2 aromatic heterocycles. The number of nitrogens with one attached hydrogen (secondary N) is 1. The van der Waals surface area contributed by atoms with E-state index in [9.17, 15) is 9.59 Å². The average molecular weight is 379 g/mol. The Morgan fingerprint density at radius 1 is 1.00 bits per heavy atom. The first-order chi connectivity index (χ1) is 13.1. The standard InChI is InChI=1S/C20H15ClN4O2/c21-14-8-10-15(11-9-14)23-18(26)13-24-19-17(7-4-12-22-19)20(27)25(24)16-5-2-1-3-6-16/h1-12H,13H2,(H,23,26). The van der Waals surface area contributed by atoms with Crippen molar-refractivity contribution in [2.45, 2.75) is 6.54 Å². The topological polar surface area (TPSA) is 68.9 Å². The van der Waals surface area contributed by atoms with Crippen LogP contribution in [0.4, 0.5) is 5.69 Å². The Hall–Kier alpha value is -3.38. The smallest absolute Gasteiger partial charge is 0.280 e. The zero-order valence-corrected chi connectivity index (χ0v) is 14.9. The van der Waals surface area contributed by atoms with Crippen LogP contribution in [-0.4, -0.2) is 20.3 Å². The summed E-state index contributed by atoms with van der Waals surface area (Å²) in [5.74, 6) is -0.274. The summed E-state index contributed by atoms with van der Waals surface area (Å²) in [7, 11) is 0. The van der Waals surface area contributed by atoms with Crippen LogP contribution in [0.1, 0.15) is 0 Å². The fourth-order valence-electron chi connectivity index (χ4n) is 2.93. The van der Waals surface area contributed by atoms with Crippen molar-refractivity contribution in [3.8, 4) is 5.69 Å². The summed E-state index contributed by atoms with van der Waals surface area (Å²) in [6, 6.07) is 19.4. The molecule has 0 aliphatic heterocycles. The number of pyridine rings is 1. The van der Waals surface area contributed by atoms with Gasteiger partial charge < -0.3 is 5.32 Å². The van der Waals surface area contributed by atoms with Crippen molar-refractivity contribution in [2.24, 2.45) is 0 Å². The molecule has 0 radical (unpaired) electrons. The minimum absolute atomic E-state index is 0.0622. The first-order valence-electron chi connectivity index (χ1n) is 8.31. The molecule has 0 aliphatic rings. The molecule has 6 nitrogen and oxygen atoms in total. The van der Waals surface area contributed by atoms with Gasteiger partial charge in [-0.15, -0.1) is 0 Å². The third-order valence-corrected chi connectivity index (χ3v) is 4.37. The summed E-state index contributed by atoms with van der Waals surface area (Å²) in [5, 5.41) is 3.86. The van der Waals surface area contributed by atoms with E-state index in [1.807, 2.05) is 30.3 Å². The monoisotopic (exact) mass is 378 g/mol. The number of anilines is 1. The molecule has 2 heterocycles. The van der Waals surface area contributed by atoms with Gasteiger partial charge in [0.1, 0.15) is 6.54 Å². The van der Waals surface area contributed by atoms with Gasteiger partial charge >= 0.3 is 0 Å². The van der Waals surface area contributed by atoms with E-state index in [-0.39, 0.29) is 18.0 Å². The van der Waals surface area contributed by atoms with E-state index < -0.39 is 0 Å². The quantitative estimate of drug-likeness (QED) is 0.591. The van der Waals surface area contributed by atoms with Gasteiger partial charge in [0, 0.05) is 16.9 Å². The molecule has 0 saturated carbocycles. The van der Waals surface area contributed by atoms with Crippen LogP contribution in [0.2, 0.25) is 5.02 Å². The summed E-state index contributed by atoms with van der Waals surface area (Å²) in [5.41, 5.74) is 1.53. The highest BCUT2D eigenvalue weighted by Crippen LogP contribution is 2.15. The highest BCUT2D eigenvalue weighted by atomic mass is 35.5. The molecule has 0 unspecified atom stereocenters.